The molecule has 7 heteroatoms. The summed E-state index contributed by atoms with van der Waals surface area (Å²) in [6.07, 6.45) is 1.69. The smallest absolute Gasteiger partial charge is 0.318 e. The number of nitrogens with one attached hydrogen (secondary N) is 1. The second kappa shape index (κ2) is 11.4. The molecule has 0 spiro atoms. The van der Waals surface area contributed by atoms with Crippen LogP contribution in [0.5, 0.6) is 5.75 Å². The molecule has 2 aromatic rings. The summed E-state index contributed by atoms with van der Waals surface area (Å²) in [5.74, 6) is 1.21. The quantitative estimate of drug-likeness (QED) is 0.593. The van der Waals surface area contributed by atoms with Crippen molar-refractivity contribution in [2.24, 2.45) is 5.92 Å². The summed E-state index contributed by atoms with van der Waals surface area (Å²) in [4.78, 5) is 31.1. The third kappa shape index (κ3) is 6.48. The van der Waals surface area contributed by atoms with Crippen LogP contribution in [0.4, 0.5) is 4.79 Å². The van der Waals surface area contributed by atoms with Gasteiger partial charge in [0.25, 0.3) is 0 Å². The van der Waals surface area contributed by atoms with Gasteiger partial charge in [-0.1, -0.05) is 32.0 Å². The third-order valence-electron chi connectivity index (χ3n) is 5.57. The van der Waals surface area contributed by atoms with E-state index in [2.05, 4.69) is 30.6 Å². The number of amides is 3. The Labute approximate surface area is 195 Å². The summed E-state index contributed by atoms with van der Waals surface area (Å²) in [5.41, 5.74) is 1.16. The van der Waals surface area contributed by atoms with E-state index in [4.69, 9.17) is 4.74 Å². The van der Waals surface area contributed by atoms with E-state index in [0.29, 0.717) is 25.6 Å². The highest BCUT2D eigenvalue weighted by molar-refractivity contribution is 7.10. The summed E-state index contributed by atoms with van der Waals surface area (Å²) in [7, 11) is 0. The maximum Gasteiger partial charge on any atom is 0.318 e. The van der Waals surface area contributed by atoms with Gasteiger partial charge in [-0.15, -0.1) is 11.3 Å². The van der Waals surface area contributed by atoms with Crippen LogP contribution >= 0.6 is 11.3 Å². The number of nitrogens with zero attached hydrogens (tertiary/aromatic N) is 2. The highest BCUT2D eigenvalue weighted by atomic mass is 32.1. The molecule has 3 amide bonds. The summed E-state index contributed by atoms with van der Waals surface area (Å²) in [5, 5.41) is 5.02. The van der Waals surface area contributed by atoms with Gasteiger partial charge in [-0.05, 0) is 61.7 Å². The van der Waals surface area contributed by atoms with Crippen LogP contribution in [0.15, 0.2) is 41.8 Å². The van der Waals surface area contributed by atoms with E-state index in [9.17, 15) is 9.59 Å². The first-order chi connectivity index (χ1) is 15.3. The highest BCUT2D eigenvalue weighted by Gasteiger charge is 2.33. The monoisotopic (exact) mass is 457 g/mol. The van der Waals surface area contributed by atoms with Gasteiger partial charge in [0.15, 0.2) is 0 Å². The molecular formula is C25H35N3O3S. The molecule has 1 aliphatic rings. The van der Waals surface area contributed by atoms with Gasteiger partial charge in [0.2, 0.25) is 5.91 Å². The van der Waals surface area contributed by atoms with Gasteiger partial charge < -0.3 is 19.9 Å². The van der Waals surface area contributed by atoms with Crippen LogP contribution in [0.3, 0.4) is 0 Å². The van der Waals surface area contributed by atoms with Gasteiger partial charge in [-0.3, -0.25) is 4.79 Å². The molecule has 1 aromatic carbocycles. The van der Waals surface area contributed by atoms with Crippen LogP contribution in [0.2, 0.25) is 0 Å². The lowest BCUT2D eigenvalue weighted by molar-refractivity contribution is -0.135. The van der Waals surface area contributed by atoms with E-state index < -0.39 is 0 Å². The Morgan fingerprint density at radius 3 is 2.62 bits per heavy atom. The number of carbonyl (C=O) groups excluding carboxylic acids is 2. The van der Waals surface area contributed by atoms with Crippen molar-refractivity contribution in [2.45, 2.75) is 52.6 Å². The number of rotatable bonds is 9. The van der Waals surface area contributed by atoms with E-state index in [1.165, 1.54) is 4.88 Å². The van der Waals surface area contributed by atoms with E-state index in [-0.39, 0.29) is 30.6 Å². The topological polar surface area (TPSA) is 61.9 Å². The van der Waals surface area contributed by atoms with Crippen molar-refractivity contribution in [3.8, 4) is 5.75 Å². The van der Waals surface area contributed by atoms with Crippen LogP contribution in [-0.2, 0) is 11.2 Å². The SMILES string of the molecule is CC(C)CCN(CC(=O)N1CCc2sccc2[C@@H]1COc1ccccc1)C(=O)NC(C)C. The van der Waals surface area contributed by atoms with Crippen LogP contribution in [0.25, 0.3) is 0 Å². The molecule has 174 valence electrons. The molecular weight excluding hydrogens is 422 g/mol. The lowest BCUT2D eigenvalue weighted by Crippen LogP contribution is -2.51. The number of fused-ring (bicyclic) bond motifs is 1. The Balaban J connectivity index is 1.74. The normalized spacial score (nSPS) is 15.6. The molecule has 2 heterocycles. The van der Waals surface area contributed by atoms with Gasteiger partial charge in [0, 0.05) is 24.0 Å². The van der Waals surface area contributed by atoms with Crippen molar-refractivity contribution in [2.75, 3.05) is 26.2 Å². The number of benzene rings is 1. The van der Waals surface area contributed by atoms with Gasteiger partial charge in [0.05, 0.1) is 6.04 Å². The van der Waals surface area contributed by atoms with E-state index >= 15 is 0 Å². The molecule has 1 atom stereocenters. The average Bonchev–Trinajstić information content (AvgIpc) is 3.24. The Hall–Kier alpha value is -2.54. The Bertz CT molecular complexity index is 882. The van der Waals surface area contributed by atoms with Crippen molar-refractivity contribution >= 4 is 23.3 Å². The van der Waals surface area contributed by atoms with E-state index in [1.54, 1.807) is 16.2 Å². The fourth-order valence-electron chi connectivity index (χ4n) is 3.83. The Morgan fingerprint density at radius 2 is 1.94 bits per heavy atom. The van der Waals surface area contributed by atoms with Crippen LogP contribution in [0.1, 0.15) is 50.6 Å². The molecule has 0 saturated carbocycles. The van der Waals surface area contributed by atoms with Crippen molar-refractivity contribution in [1.29, 1.82) is 0 Å². The number of thiophene rings is 1. The predicted molar refractivity (Wildman–Crippen MR) is 129 cm³/mol. The largest absolute Gasteiger partial charge is 0.491 e. The molecule has 6 nitrogen and oxygen atoms in total. The summed E-state index contributed by atoms with van der Waals surface area (Å²) < 4.78 is 6.05. The second-order valence-electron chi connectivity index (χ2n) is 8.98. The zero-order valence-electron chi connectivity index (χ0n) is 19.5. The zero-order valence-corrected chi connectivity index (χ0v) is 20.4. The number of carbonyl (C=O) groups is 2. The van der Waals surface area contributed by atoms with E-state index in [1.807, 2.05) is 49.1 Å². The molecule has 1 aromatic heterocycles. The van der Waals surface area contributed by atoms with Crippen molar-refractivity contribution in [3.63, 3.8) is 0 Å². The minimum absolute atomic E-state index is 0.0227. The van der Waals surface area contributed by atoms with Gasteiger partial charge in [0.1, 0.15) is 18.9 Å². The molecule has 0 aliphatic carbocycles. The minimum Gasteiger partial charge on any atom is -0.491 e. The van der Waals surface area contributed by atoms with Gasteiger partial charge in [-0.25, -0.2) is 4.79 Å². The molecule has 1 aliphatic heterocycles. The molecule has 32 heavy (non-hydrogen) atoms. The summed E-state index contributed by atoms with van der Waals surface area (Å²) in [6, 6.07) is 11.5. The number of hydrogen-bond acceptors (Lipinski definition) is 4. The molecule has 3 rings (SSSR count). The second-order valence-corrected chi connectivity index (χ2v) is 9.99. The summed E-state index contributed by atoms with van der Waals surface area (Å²) >= 11 is 1.73. The molecule has 0 fully saturated rings. The number of ether oxygens (including phenoxy) is 1. The Kier molecular flexibility index (Phi) is 8.56. The van der Waals surface area contributed by atoms with Crippen LogP contribution in [0, 0.1) is 5.92 Å². The molecule has 0 bridgehead atoms. The van der Waals surface area contributed by atoms with Crippen molar-refractivity contribution in [3.05, 3.63) is 52.2 Å². The summed E-state index contributed by atoms with van der Waals surface area (Å²) in [6.45, 7) is 9.78. The van der Waals surface area contributed by atoms with Gasteiger partial charge >= 0.3 is 6.03 Å². The maximum atomic E-state index is 13.4. The first-order valence-electron chi connectivity index (χ1n) is 11.4. The first-order valence-corrected chi connectivity index (χ1v) is 12.3. The maximum absolute atomic E-state index is 13.4. The molecule has 0 saturated heterocycles. The van der Waals surface area contributed by atoms with Gasteiger partial charge in [-0.2, -0.15) is 0 Å². The van der Waals surface area contributed by atoms with Crippen molar-refractivity contribution < 1.29 is 14.3 Å². The molecule has 0 unspecified atom stereocenters. The predicted octanol–water partition coefficient (Wildman–Crippen LogP) is 4.72. The lowest BCUT2D eigenvalue weighted by atomic mass is 10.0. The lowest BCUT2D eigenvalue weighted by Gasteiger charge is -2.37. The average molecular weight is 458 g/mol. The van der Waals surface area contributed by atoms with Crippen molar-refractivity contribution in [1.82, 2.24) is 15.1 Å². The highest BCUT2D eigenvalue weighted by Crippen LogP contribution is 2.34. The fourth-order valence-corrected chi connectivity index (χ4v) is 4.75. The van der Waals surface area contributed by atoms with Crippen LogP contribution in [-0.4, -0.2) is 54.0 Å². The minimum atomic E-state index is -0.181. The standard InChI is InChI=1S/C25H35N3O3S/c1-18(2)10-13-27(25(30)26-19(3)4)16-24(29)28-14-11-23-21(12-15-32-23)22(28)17-31-20-8-6-5-7-9-20/h5-9,12,15,18-19,22H,10-11,13-14,16-17H2,1-4H3,(H,26,30)/t22-/m0/s1. The Morgan fingerprint density at radius 1 is 1.19 bits per heavy atom. The number of hydrogen-bond donors (Lipinski definition) is 1. The van der Waals surface area contributed by atoms with E-state index in [0.717, 1.165) is 24.2 Å². The molecule has 1 N–H and O–H groups in total. The number of urea groups is 1. The van der Waals surface area contributed by atoms with Crippen LogP contribution < -0.4 is 10.1 Å². The third-order valence-corrected chi connectivity index (χ3v) is 6.56. The fraction of sp³-hybridized carbons (Fsp3) is 0.520. The number of para-hydroxylation sites is 1. The first kappa shape index (κ1) is 24.1. The zero-order chi connectivity index (χ0) is 23.1. The molecule has 0 radical (unpaired) electrons.